The van der Waals surface area contributed by atoms with Gasteiger partial charge in [-0.25, -0.2) is 8.42 Å². The average molecular weight is 393 g/mol. The molecule has 2 aliphatic rings. The maximum absolute atomic E-state index is 13.2. The number of carbonyl (C=O) groups is 1. The molecule has 1 unspecified atom stereocenters. The molecule has 1 saturated heterocycles. The molecule has 1 amide bonds. The number of hydrogen-bond donors (Lipinski definition) is 1. The van der Waals surface area contributed by atoms with Crippen molar-refractivity contribution in [3.63, 3.8) is 0 Å². The van der Waals surface area contributed by atoms with Gasteiger partial charge in [-0.2, -0.15) is 4.31 Å². The van der Waals surface area contributed by atoms with Gasteiger partial charge in [-0.05, 0) is 69.4 Å². The predicted octanol–water partition coefficient (Wildman–Crippen LogP) is 2.64. The molecule has 0 aromatic heterocycles. The van der Waals surface area contributed by atoms with Gasteiger partial charge in [0.25, 0.3) is 0 Å². The van der Waals surface area contributed by atoms with Crippen LogP contribution in [0.25, 0.3) is 0 Å². The molecule has 2 aliphatic heterocycles. The third-order valence-corrected chi connectivity index (χ3v) is 7.08. The third-order valence-electron chi connectivity index (χ3n) is 5.22. The van der Waals surface area contributed by atoms with E-state index in [1.165, 1.54) is 10.4 Å². The van der Waals surface area contributed by atoms with Crippen LogP contribution in [0.5, 0.6) is 5.75 Å². The average Bonchev–Trinajstić information content (AvgIpc) is 2.86. The predicted molar refractivity (Wildman–Crippen MR) is 104 cm³/mol. The number of nitrogens with one attached hydrogen (secondary N) is 1. The van der Waals surface area contributed by atoms with Crippen LogP contribution in [0, 0.1) is 0 Å². The van der Waals surface area contributed by atoms with Gasteiger partial charge in [0, 0.05) is 19.1 Å². The van der Waals surface area contributed by atoms with E-state index < -0.39 is 10.0 Å². The van der Waals surface area contributed by atoms with Crippen LogP contribution in [-0.4, -0.2) is 43.4 Å². The highest BCUT2D eigenvalue weighted by Gasteiger charge is 2.32. The van der Waals surface area contributed by atoms with E-state index in [0.29, 0.717) is 11.4 Å². The largest absolute Gasteiger partial charge is 0.488 e. The molecule has 7 heteroatoms. The number of rotatable bonds is 4. The Morgan fingerprint density at radius 2 is 2.15 bits per heavy atom. The molecule has 1 N–H and O–H groups in total. The first kappa shape index (κ1) is 19.9. The van der Waals surface area contributed by atoms with E-state index in [0.717, 1.165) is 43.4 Å². The van der Waals surface area contributed by atoms with Crippen molar-refractivity contribution in [3.8, 4) is 5.75 Å². The van der Waals surface area contributed by atoms with E-state index in [-0.39, 0.29) is 24.1 Å². The molecule has 1 fully saturated rings. The molecule has 0 saturated carbocycles. The van der Waals surface area contributed by atoms with E-state index in [4.69, 9.17) is 4.74 Å². The minimum absolute atomic E-state index is 0.200. The second-order valence-corrected chi connectivity index (χ2v) is 9.84. The van der Waals surface area contributed by atoms with Crippen molar-refractivity contribution in [1.82, 2.24) is 9.62 Å². The summed E-state index contributed by atoms with van der Waals surface area (Å²) in [4.78, 5) is 11.9. The van der Waals surface area contributed by atoms with Crippen LogP contribution in [0.2, 0.25) is 0 Å². The topological polar surface area (TPSA) is 75.7 Å². The van der Waals surface area contributed by atoms with E-state index >= 15 is 0 Å². The molecule has 1 aromatic rings. The van der Waals surface area contributed by atoms with Gasteiger partial charge in [0.2, 0.25) is 15.9 Å². The lowest BCUT2D eigenvalue weighted by Gasteiger charge is -2.33. The van der Waals surface area contributed by atoms with E-state index in [9.17, 15) is 13.2 Å². The van der Waals surface area contributed by atoms with Gasteiger partial charge in [0.15, 0.2) is 0 Å². The van der Waals surface area contributed by atoms with Crippen molar-refractivity contribution in [2.45, 2.75) is 62.5 Å². The van der Waals surface area contributed by atoms with Crippen molar-refractivity contribution in [2.24, 2.45) is 0 Å². The molecular weight excluding hydrogens is 364 g/mol. The number of carbonyl (C=O) groups excluding carboxylic acids is 1. The molecule has 0 bridgehead atoms. The number of fused-ring (bicyclic) bond motifs is 1. The van der Waals surface area contributed by atoms with Crippen LogP contribution in [-0.2, 0) is 21.2 Å². The first-order valence-electron chi connectivity index (χ1n) is 9.46. The zero-order valence-corrected chi connectivity index (χ0v) is 16.8. The molecule has 6 nitrogen and oxygen atoms in total. The van der Waals surface area contributed by atoms with Crippen molar-refractivity contribution in [1.29, 1.82) is 0 Å². The molecule has 0 aliphatic carbocycles. The summed E-state index contributed by atoms with van der Waals surface area (Å²) in [6, 6.07) is 4.92. The summed E-state index contributed by atoms with van der Waals surface area (Å²) < 4.78 is 33.9. The normalized spacial score (nSPS) is 22.8. The van der Waals surface area contributed by atoms with Crippen LogP contribution in [0.15, 0.2) is 35.7 Å². The van der Waals surface area contributed by atoms with Gasteiger partial charge in [0.1, 0.15) is 11.4 Å². The Morgan fingerprint density at radius 3 is 2.89 bits per heavy atom. The Labute approximate surface area is 161 Å². The molecule has 0 spiro atoms. The molecule has 1 atom stereocenters. The van der Waals surface area contributed by atoms with Crippen molar-refractivity contribution < 1.29 is 17.9 Å². The first-order chi connectivity index (χ1) is 12.7. The van der Waals surface area contributed by atoms with Gasteiger partial charge in [-0.1, -0.05) is 13.0 Å². The molecule has 0 radical (unpaired) electrons. The molecule has 2 heterocycles. The number of sulfonamides is 1. The molecule has 1 aromatic carbocycles. The van der Waals surface area contributed by atoms with Crippen LogP contribution >= 0.6 is 0 Å². The maximum atomic E-state index is 13.2. The monoisotopic (exact) mass is 392 g/mol. The quantitative estimate of drug-likeness (QED) is 0.800. The third kappa shape index (κ3) is 4.52. The summed E-state index contributed by atoms with van der Waals surface area (Å²) in [5.41, 5.74) is 0.705. The Bertz CT molecular complexity index is 832. The number of benzene rings is 1. The molecule has 27 heavy (non-hydrogen) atoms. The van der Waals surface area contributed by atoms with Crippen LogP contribution in [0.3, 0.4) is 0 Å². The van der Waals surface area contributed by atoms with Crippen molar-refractivity contribution in [3.05, 3.63) is 36.4 Å². The fraction of sp³-hybridized carbons (Fsp3) is 0.550. The van der Waals surface area contributed by atoms with Gasteiger partial charge in [-0.15, -0.1) is 0 Å². The SMILES string of the molecule is C=CC(=O)NC1CCCCN(S(=O)(=O)c2ccc3c(c2)CCC(C)(C)O3)C1. The minimum atomic E-state index is -3.62. The summed E-state index contributed by atoms with van der Waals surface area (Å²) in [5, 5.41) is 2.84. The van der Waals surface area contributed by atoms with E-state index in [2.05, 4.69) is 11.9 Å². The summed E-state index contributed by atoms with van der Waals surface area (Å²) in [5.74, 6) is 0.491. The zero-order valence-electron chi connectivity index (χ0n) is 16.0. The smallest absolute Gasteiger partial charge is 0.243 e. The second kappa shape index (κ2) is 7.64. The highest BCUT2D eigenvalue weighted by molar-refractivity contribution is 7.89. The maximum Gasteiger partial charge on any atom is 0.243 e. The van der Waals surface area contributed by atoms with E-state index in [1.54, 1.807) is 18.2 Å². The highest BCUT2D eigenvalue weighted by Crippen LogP contribution is 2.35. The Kier molecular flexibility index (Phi) is 5.63. The number of hydrogen-bond acceptors (Lipinski definition) is 4. The number of ether oxygens (including phenoxy) is 1. The lowest BCUT2D eigenvalue weighted by Crippen LogP contribution is -2.44. The molecular formula is C20H28N2O4S. The van der Waals surface area contributed by atoms with Crippen LogP contribution < -0.4 is 10.1 Å². The minimum Gasteiger partial charge on any atom is -0.488 e. The number of amides is 1. The lowest BCUT2D eigenvalue weighted by molar-refractivity contribution is -0.117. The Balaban J connectivity index is 1.82. The van der Waals surface area contributed by atoms with Crippen molar-refractivity contribution in [2.75, 3.05) is 13.1 Å². The van der Waals surface area contributed by atoms with Crippen LogP contribution in [0.4, 0.5) is 0 Å². The first-order valence-corrected chi connectivity index (χ1v) is 10.9. The fourth-order valence-electron chi connectivity index (χ4n) is 3.65. The second-order valence-electron chi connectivity index (χ2n) is 7.90. The van der Waals surface area contributed by atoms with E-state index in [1.807, 2.05) is 13.8 Å². The van der Waals surface area contributed by atoms with Gasteiger partial charge in [0.05, 0.1) is 4.90 Å². The summed E-state index contributed by atoms with van der Waals surface area (Å²) in [6.07, 6.45) is 5.28. The van der Waals surface area contributed by atoms with Crippen molar-refractivity contribution >= 4 is 15.9 Å². The standard InChI is InChI=1S/C20H28N2O4S/c1-4-19(23)21-16-7-5-6-12-22(14-16)27(24,25)17-8-9-18-15(13-17)10-11-20(2,3)26-18/h4,8-9,13,16H,1,5-7,10-12,14H2,2-3H3,(H,21,23). The highest BCUT2D eigenvalue weighted by atomic mass is 32.2. The fourth-order valence-corrected chi connectivity index (χ4v) is 5.22. The number of aryl methyl sites for hydroxylation is 1. The van der Waals surface area contributed by atoms with Gasteiger partial charge < -0.3 is 10.1 Å². The molecule has 148 valence electrons. The Hall–Kier alpha value is -1.86. The Morgan fingerprint density at radius 1 is 1.37 bits per heavy atom. The summed E-state index contributed by atoms with van der Waals surface area (Å²) in [6.45, 7) is 8.28. The van der Waals surface area contributed by atoms with Gasteiger partial charge >= 0.3 is 0 Å². The van der Waals surface area contributed by atoms with Crippen LogP contribution in [0.1, 0.15) is 45.1 Å². The number of nitrogens with zero attached hydrogens (tertiary/aromatic N) is 1. The lowest BCUT2D eigenvalue weighted by atomic mass is 9.94. The molecule has 3 rings (SSSR count). The zero-order chi connectivity index (χ0) is 19.7. The van der Waals surface area contributed by atoms with Gasteiger partial charge in [-0.3, -0.25) is 4.79 Å². The summed E-state index contributed by atoms with van der Waals surface area (Å²) >= 11 is 0. The summed E-state index contributed by atoms with van der Waals surface area (Å²) in [7, 11) is -3.62.